The Morgan fingerprint density at radius 2 is 2.00 bits per heavy atom. The van der Waals surface area contributed by atoms with Gasteiger partial charge in [0.25, 0.3) is 0 Å². The maximum absolute atomic E-state index is 12.3. The van der Waals surface area contributed by atoms with Gasteiger partial charge < -0.3 is 15.0 Å². The SMILES string of the molecule is C[C@@H]1CN(c2cccc3c2ncn3C(=O)NCCCC(F)(F)F)C[C@H](C)O1. The predicted octanol–water partition coefficient (Wildman–Crippen LogP) is 3.55. The van der Waals surface area contributed by atoms with Crippen LogP contribution in [0.5, 0.6) is 0 Å². The van der Waals surface area contributed by atoms with Crippen molar-refractivity contribution >= 4 is 22.8 Å². The number of anilines is 1. The number of hydrogen-bond acceptors (Lipinski definition) is 4. The van der Waals surface area contributed by atoms with Gasteiger partial charge >= 0.3 is 12.2 Å². The number of ether oxygens (including phenoxy) is 1. The van der Waals surface area contributed by atoms with Crippen LogP contribution < -0.4 is 10.2 Å². The first-order chi connectivity index (χ1) is 12.7. The van der Waals surface area contributed by atoms with Crippen LogP contribution in [0.4, 0.5) is 23.7 Å². The Morgan fingerprint density at radius 3 is 2.67 bits per heavy atom. The molecule has 0 aliphatic carbocycles. The van der Waals surface area contributed by atoms with E-state index < -0.39 is 18.6 Å². The third-order valence-electron chi connectivity index (χ3n) is 4.45. The van der Waals surface area contributed by atoms with Gasteiger partial charge in [-0.3, -0.25) is 4.57 Å². The number of nitrogens with zero attached hydrogens (tertiary/aromatic N) is 3. The monoisotopic (exact) mass is 384 g/mol. The fourth-order valence-corrected chi connectivity index (χ4v) is 3.38. The Morgan fingerprint density at radius 1 is 1.30 bits per heavy atom. The number of halogens is 3. The number of fused-ring (bicyclic) bond motifs is 1. The Kier molecular flexibility index (Phi) is 5.59. The fraction of sp³-hybridized carbons (Fsp3) is 0.556. The maximum Gasteiger partial charge on any atom is 0.389 e. The third kappa shape index (κ3) is 4.71. The smallest absolute Gasteiger partial charge is 0.372 e. The average molecular weight is 384 g/mol. The van der Waals surface area contributed by atoms with E-state index in [1.54, 1.807) is 6.07 Å². The molecule has 6 nitrogen and oxygen atoms in total. The second-order valence-electron chi connectivity index (χ2n) is 6.87. The van der Waals surface area contributed by atoms with E-state index in [1.807, 2.05) is 26.0 Å². The number of para-hydroxylation sites is 1. The first-order valence-corrected chi connectivity index (χ1v) is 8.96. The number of imidazole rings is 1. The molecule has 1 aromatic heterocycles. The van der Waals surface area contributed by atoms with E-state index in [2.05, 4.69) is 15.2 Å². The lowest BCUT2D eigenvalue weighted by atomic mass is 10.2. The summed E-state index contributed by atoms with van der Waals surface area (Å²) in [4.78, 5) is 18.9. The summed E-state index contributed by atoms with van der Waals surface area (Å²) >= 11 is 0. The highest BCUT2D eigenvalue weighted by molar-refractivity contribution is 5.95. The lowest BCUT2D eigenvalue weighted by Gasteiger charge is -2.36. The zero-order valence-corrected chi connectivity index (χ0v) is 15.3. The summed E-state index contributed by atoms with van der Waals surface area (Å²) in [5.74, 6) is 0. The van der Waals surface area contributed by atoms with Gasteiger partial charge in [-0.05, 0) is 32.4 Å². The zero-order chi connectivity index (χ0) is 19.6. The van der Waals surface area contributed by atoms with Crippen LogP contribution in [0.15, 0.2) is 24.5 Å². The van der Waals surface area contributed by atoms with E-state index >= 15 is 0 Å². The summed E-state index contributed by atoms with van der Waals surface area (Å²) in [6.45, 7) is 5.42. The molecule has 0 saturated carbocycles. The molecule has 1 amide bonds. The molecule has 27 heavy (non-hydrogen) atoms. The summed E-state index contributed by atoms with van der Waals surface area (Å²) in [6, 6.07) is 5.08. The summed E-state index contributed by atoms with van der Waals surface area (Å²) in [5.41, 5.74) is 2.22. The van der Waals surface area contributed by atoms with Gasteiger partial charge in [-0.2, -0.15) is 13.2 Å². The minimum Gasteiger partial charge on any atom is -0.372 e. The van der Waals surface area contributed by atoms with Crippen molar-refractivity contribution < 1.29 is 22.7 Å². The first kappa shape index (κ1) is 19.5. The molecule has 0 unspecified atom stereocenters. The van der Waals surface area contributed by atoms with Crippen LogP contribution in [0.1, 0.15) is 26.7 Å². The van der Waals surface area contributed by atoms with Gasteiger partial charge in [0.2, 0.25) is 0 Å². The maximum atomic E-state index is 12.3. The molecule has 1 N–H and O–H groups in total. The number of morpholine rings is 1. The van der Waals surface area contributed by atoms with E-state index in [9.17, 15) is 18.0 Å². The fourth-order valence-electron chi connectivity index (χ4n) is 3.38. The van der Waals surface area contributed by atoms with Gasteiger partial charge in [-0.1, -0.05) is 6.07 Å². The highest BCUT2D eigenvalue weighted by atomic mass is 19.4. The van der Waals surface area contributed by atoms with E-state index in [0.717, 1.165) is 18.8 Å². The van der Waals surface area contributed by atoms with Crippen molar-refractivity contribution in [1.82, 2.24) is 14.9 Å². The lowest BCUT2D eigenvalue weighted by molar-refractivity contribution is -0.135. The number of alkyl halides is 3. The van der Waals surface area contributed by atoms with Gasteiger partial charge in [0, 0.05) is 26.1 Å². The number of amides is 1. The Hall–Kier alpha value is -2.29. The van der Waals surface area contributed by atoms with Gasteiger partial charge in [0.1, 0.15) is 11.8 Å². The number of benzene rings is 1. The molecule has 2 heterocycles. The average Bonchev–Trinajstić information content (AvgIpc) is 3.01. The molecule has 3 rings (SSSR count). The highest BCUT2D eigenvalue weighted by Gasteiger charge is 2.26. The highest BCUT2D eigenvalue weighted by Crippen LogP contribution is 2.28. The van der Waals surface area contributed by atoms with E-state index in [-0.39, 0.29) is 25.2 Å². The molecule has 1 aliphatic heterocycles. The molecule has 0 spiro atoms. The largest absolute Gasteiger partial charge is 0.389 e. The van der Waals surface area contributed by atoms with Crippen LogP contribution in [-0.4, -0.2) is 53.6 Å². The molecule has 148 valence electrons. The van der Waals surface area contributed by atoms with Crippen molar-refractivity contribution in [3.63, 3.8) is 0 Å². The molecule has 0 radical (unpaired) electrons. The predicted molar refractivity (Wildman–Crippen MR) is 96.0 cm³/mol. The molecule has 1 fully saturated rings. The number of nitrogens with one attached hydrogen (secondary N) is 1. The summed E-state index contributed by atoms with van der Waals surface area (Å²) in [5, 5.41) is 2.51. The Bertz CT molecular complexity index is 795. The minimum atomic E-state index is -4.21. The minimum absolute atomic E-state index is 0.0454. The van der Waals surface area contributed by atoms with E-state index in [0.29, 0.717) is 11.0 Å². The van der Waals surface area contributed by atoms with Gasteiger partial charge in [-0.25, -0.2) is 9.78 Å². The Labute approximate surface area is 155 Å². The second kappa shape index (κ2) is 7.75. The zero-order valence-electron chi connectivity index (χ0n) is 15.3. The molecule has 0 bridgehead atoms. The number of hydrogen-bond donors (Lipinski definition) is 1. The van der Waals surface area contributed by atoms with Crippen molar-refractivity contribution in [2.24, 2.45) is 0 Å². The molecular formula is C18H23F3N4O2. The van der Waals surface area contributed by atoms with Crippen LogP contribution in [-0.2, 0) is 4.74 Å². The van der Waals surface area contributed by atoms with Crippen molar-refractivity contribution in [3.05, 3.63) is 24.5 Å². The van der Waals surface area contributed by atoms with Crippen molar-refractivity contribution in [2.45, 2.75) is 45.1 Å². The quantitative estimate of drug-likeness (QED) is 0.819. The molecule has 2 atom stereocenters. The van der Waals surface area contributed by atoms with Crippen molar-refractivity contribution in [1.29, 1.82) is 0 Å². The molecular weight excluding hydrogens is 361 g/mol. The summed E-state index contributed by atoms with van der Waals surface area (Å²) in [7, 11) is 0. The molecule has 1 aromatic carbocycles. The van der Waals surface area contributed by atoms with Crippen LogP contribution >= 0.6 is 0 Å². The molecule has 1 aliphatic rings. The van der Waals surface area contributed by atoms with Crippen LogP contribution in [0, 0.1) is 0 Å². The van der Waals surface area contributed by atoms with Crippen molar-refractivity contribution in [2.75, 3.05) is 24.5 Å². The molecule has 1 saturated heterocycles. The van der Waals surface area contributed by atoms with Gasteiger partial charge in [-0.15, -0.1) is 0 Å². The van der Waals surface area contributed by atoms with Crippen LogP contribution in [0.25, 0.3) is 11.0 Å². The lowest BCUT2D eigenvalue weighted by Crippen LogP contribution is -2.45. The number of rotatable bonds is 4. The normalized spacial score (nSPS) is 20.9. The van der Waals surface area contributed by atoms with Crippen LogP contribution in [0.3, 0.4) is 0 Å². The standard InChI is InChI=1S/C18H23F3N4O2/c1-12-9-24(10-13(2)27-12)14-5-3-6-15-16(14)23-11-25(15)17(26)22-8-4-7-18(19,20)21/h3,5-6,11-13H,4,7-10H2,1-2H3,(H,22,26)/t12-,13+. The second-order valence-corrected chi connectivity index (χ2v) is 6.87. The summed E-state index contributed by atoms with van der Waals surface area (Å²) in [6.07, 6.45) is -3.72. The van der Waals surface area contributed by atoms with Crippen LogP contribution in [0.2, 0.25) is 0 Å². The number of aromatic nitrogens is 2. The number of carbonyl (C=O) groups excluding carboxylic acids is 1. The van der Waals surface area contributed by atoms with E-state index in [1.165, 1.54) is 10.9 Å². The first-order valence-electron chi connectivity index (χ1n) is 8.96. The number of carbonyl (C=O) groups is 1. The summed E-state index contributed by atoms with van der Waals surface area (Å²) < 4.78 is 43.7. The molecule has 9 heteroatoms. The topological polar surface area (TPSA) is 59.4 Å². The Balaban J connectivity index is 1.74. The third-order valence-corrected chi connectivity index (χ3v) is 4.45. The van der Waals surface area contributed by atoms with Crippen molar-refractivity contribution in [3.8, 4) is 0 Å². The molecule has 2 aromatic rings. The van der Waals surface area contributed by atoms with Gasteiger partial charge in [0.05, 0.1) is 23.4 Å². The van der Waals surface area contributed by atoms with Gasteiger partial charge in [0.15, 0.2) is 0 Å². The van der Waals surface area contributed by atoms with E-state index in [4.69, 9.17) is 4.74 Å².